The summed E-state index contributed by atoms with van der Waals surface area (Å²) < 4.78 is 17.4. The van der Waals surface area contributed by atoms with Crippen LogP contribution in [0.3, 0.4) is 0 Å². The van der Waals surface area contributed by atoms with E-state index in [9.17, 15) is 9.59 Å². The molecule has 2 aliphatic rings. The molecular formula is C26H21NO5. The highest BCUT2D eigenvalue weighted by Gasteiger charge is 2.38. The molecule has 1 atom stereocenters. The lowest BCUT2D eigenvalue weighted by atomic mass is 9.84. The third-order valence-corrected chi connectivity index (χ3v) is 5.60. The van der Waals surface area contributed by atoms with Gasteiger partial charge in [0.05, 0.1) is 12.0 Å². The van der Waals surface area contributed by atoms with Crippen LogP contribution in [0.4, 0.5) is 0 Å². The smallest absolute Gasteiger partial charge is 0.312 e. The number of carbonyl (C=O) groups excluding carboxylic acids is 2. The Bertz CT molecular complexity index is 1260. The summed E-state index contributed by atoms with van der Waals surface area (Å²) >= 11 is 0. The van der Waals surface area contributed by atoms with Gasteiger partial charge in [0, 0.05) is 29.4 Å². The molecular weight excluding hydrogens is 406 g/mol. The van der Waals surface area contributed by atoms with E-state index in [0.717, 1.165) is 22.3 Å². The first kappa shape index (κ1) is 20.0. The number of esters is 1. The average molecular weight is 427 g/mol. The van der Waals surface area contributed by atoms with Crippen LogP contribution in [0.15, 0.2) is 72.3 Å². The first-order valence-electron chi connectivity index (χ1n) is 10.4. The fraction of sp³-hybridized carbons (Fsp3) is 0.192. The number of hydrogen-bond acceptors (Lipinski definition) is 6. The number of ketones is 1. The van der Waals surface area contributed by atoms with Crippen LogP contribution in [0.25, 0.3) is 0 Å². The Morgan fingerprint density at radius 3 is 2.75 bits per heavy atom. The van der Waals surface area contributed by atoms with Crippen LogP contribution in [0.5, 0.6) is 17.2 Å². The van der Waals surface area contributed by atoms with Gasteiger partial charge in [-0.2, -0.15) is 0 Å². The Morgan fingerprint density at radius 1 is 1.09 bits per heavy atom. The molecule has 5 rings (SSSR count). The monoisotopic (exact) mass is 427 g/mol. The SMILES string of the molecule is CC(C)=C1Oc2c(ccc3c2[C@H](c2cccc(OCc4cccnc4)c2)CC(=O)O3)C1=O. The summed E-state index contributed by atoms with van der Waals surface area (Å²) in [6.07, 6.45) is 3.63. The second kappa shape index (κ2) is 7.96. The van der Waals surface area contributed by atoms with Gasteiger partial charge in [0.2, 0.25) is 5.78 Å². The first-order valence-corrected chi connectivity index (χ1v) is 10.4. The third kappa shape index (κ3) is 3.54. The molecule has 3 heterocycles. The molecule has 6 heteroatoms. The van der Waals surface area contributed by atoms with E-state index in [2.05, 4.69) is 4.98 Å². The summed E-state index contributed by atoms with van der Waals surface area (Å²) in [7, 11) is 0. The van der Waals surface area contributed by atoms with Crippen molar-refractivity contribution in [2.24, 2.45) is 0 Å². The minimum atomic E-state index is -0.323. The highest BCUT2D eigenvalue weighted by molar-refractivity contribution is 6.13. The van der Waals surface area contributed by atoms with Gasteiger partial charge < -0.3 is 14.2 Å². The molecule has 0 saturated carbocycles. The molecule has 0 saturated heterocycles. The zero-order valence-corrected chi connectivity index (χ0v) is 17.8. The number of rotatable bonds is 4. The van der Waals surface area contributed by atoms with Gasteiger partial charge >= 0.3 is 5.97 Å². The van der Waals surface area contributed by atoms with Gasteiger partial charge in [-0.05, 0) is 55.3 Å². The van der Waals surface area contributed by atoms with E-state index in [1.54, 1.807) is 24.5 Å². The highest BCUT2D eigenvalue weighted by Crippen LogP contribution is 2.49. The molecule has 6 nitrogen and oxygen atoms in total. The summed E-state index contributed by atoms with van der Waals surface area (Å²) in [5.74, 6) is 1.13. The molecule has 0 fully saturated rings. The zero-order valence-electron chi connectivity index (χ0n) is 17.8. The van der Waals surface area contributed by atoms with Gasteiger partial charge in [-0.1, -0.05) is 18.2 Å². The first-order chi connectivity index (χ1) is 15.5. The molecule has 0 amide bonds. The Morgan fingerprint density at radius 2 is 1.97 bits per heavy atom. The quantitative estimate of drug-likeness (QED) is 0.332. The van der Waals surface area contributed by atoms with Crippen molar-refractivity contribution in [2.75, 3.05) is 0 Å². The predicted octanol–water partition coefficient (Wildman–Crippen LogP) is 4.97. The summed E-state index contributed by atoms with van der Waals surface area (Å²) in [5, 5.41) is 0. The third-order valence-electron chi connectivity index (χ3n) is 5.60. The van der Waals surface area contributed by atoms with Crippen LogP contribution in [-0.2, 0) is 11.4 Å². The van der Waals surface area contributed by atoms with Gasteiger partial charge in [0.25, 0.3) is 0 Å². The van der Waals surface area contributed by atoms with E-state index < -0.39 is 0 Å². The van der Waals surface area contributed by atoms with Crippen molar-refractivity contribution in [2.45, 2.75) is 32.8 Å². The van der Waals surface area contributed by atoms with Gasteiger partial charge in [0.1, 0.15) is 23.9 Å². The number of nitrogens with zero attached hydrogens (tertiary/aromatic N) is 1. The number of benzene rings is 2. The number of Topliss-reactive ketones (excluding diaryl/α,β-unsaturated/α-hetero) is 1. The van der Waals surface area contributed by atoms with E-state index >= 15 is 0 Å². The maximum atomic E-state index is 12.8. The van der Waals surface area contributed by atoms with Crippen molar-refractivity contribution in [1.29, 1.82) is 0 Å². The molecule has 0 bridgehead atoms. The number of allylic oxidation sites excluding steroid dienone is 2. The molecule has 0 spiro atoms. The second-order valence-corrected chi connectivity index (χ2v) is 8.07. The summed E-state index contributed by atoms with van der Waals surface area (Å²) in [6.45, 7) is 4.07. The fourth-order valence-corrected chi connectivity index (χ4v) is 4.08. The number of fused-ring (bicyclic) bond motifs is 3. The molecule has 0 aliphatic carbocycles. The van der Waals surface area contributed by atoms with Crippen molar-refractivity contribution >= 4 is 11.8 Å². The minimum absolute atomic E-state index is 0.146. The van der Waals surface area contributed by atoms with Crippen LogP contribution in [-0.4, -0.2) is 16.7 Å². The zero-order chi connectivity index (χ0) is 22.2. The lowest BCUT2D eigenvalue weighted by molar-refractivity contribution is -0.135. The average Bonchev–Trinajstić information content (AvgIpc) is 3.15. The predicted molar refractivity (Wildman–Crippen MR) is 117 cm³/mol. The van der Waals surface area contributed by atoms with Crippen molar-refractivity contribution in [3.8, 4) is 17.2 Å². The Kier molecular flexibility index (Phi) is 4.98. The van der Waals surface area contributed by atoms with Crippen molar-refractivity contribution in [3.63, 3.8) is 0 Å². The topological polar surface area (TPSA) is 74.7 Å². The van der Waals surface area contributed by atoms with E-state index in [4.69, 9.17) is 14.2 Å². The van der Waals surface area contributed by atoms with E-state index in [1.165, 1.54) is 0 Å². The molecule has 2 aliphatic heterocycles. The van der Waals surface area contributed by atoms with Gasteiger partial charge in [-0.25, -0.2) is 0 Å². The molecule has 3 aromatic rings. The number of hydrogen-bond donors (Lipinski definition) is 0. The molecule has 32 heavy (non-hydrogen) atoms. The van der Waals surface area contributed by atoms with Crippen molar-refractivity contribution < 1.29 is 23.8 Å². The van der Waals surface area contributed by atoms with E-state index in [1.807, 2.05) is 50.2 Å². The second-order valence-electron chi connectivity index (χ2n) is 8.07. The van der Waals surface area contributed by atoms with Gasteiger partial charge in [0.15, 0.2) is 5.76 Å². The molecule has 0 radical (unpaired) electrons. The lowest BCUT2D eigenvalue weighted by Gasteiger charge is -2.26. The molecule has 160 valence electrons. The number of carbonyl (C=O) groups is 2. The van der Waals surface area contributed by atoms with Crippen molar-refractivity contribution in [1.82, 2.24) is 4.98 Å². The van der Waals surface area contributed by atoms with E-state index in [0.29, 0.717) is 35.2 Å². The Balaban J connectivity index is 1.52. The summed E-state index contributed by atoms with van der Waals surface area (Å²) in [4.78, 5) is 29.3. The number of ether oxygens (including phenoxy) is 3. The Hall–Kier alpha value is -3.93. The molecule has 2 aromatic carbocycles. The minimum Gasteiger partial charge on any atom is -0.489 e. The van der Waals surface area contributed by atoms with Crippen molar-refractivity contribution in [3.05, 3.63) is 94.5 Å². The van der Waals surface area contributed by atoms with Gasteiger partial charge in [-0.15, -0.1) is 0 Å². The van der Waals surface area contributed by atoms with E-state index in [-0.39, 0.29) is 24.1 Å². The number of aromatic nitrogens is 1. The maximum absolute atomic E-state index is 12.8. The maximum Gasteiger partial charge on any atom is 0.312 e. The van der Waals surface area contributed by atoms with Crippen LogP contribution in [0.1, 0.15) is 53.2 Å². The Labute approximate surface area is 185 Å². The normalized spacial score (nSPS) is 16.7. The molecule has 1 aromatic heterocycles. The largest absolute Gasteiger partial charge is 0.489 e. The van der Waals surface area contributed by atoms with Crippen LogP contribution in [0, 0.1) is 0 Å². The fourth-order valence-electron chi connectivity index (χ4n) is 4.08. The number of pyridine rings is 1. The lowest BCUT2D eigenvalue weighted by Crippen LogP contribution is -2.21. The standard InChI is InChI=1S/C26H21NO5/c1-15(2)25-24(29)19-8-9-21-23(26(19)32-25)20(12-22(28)31-21)17-6-3-7-18(11-17)30-14-16-5-4-10-27-13-16/h3-11,13,20H,12,14H2,1-2H3/t20-/m0/s1. The summed E-state index contributed by atoms with van der Waals surface area (Å²) in [5.41, 5.74) is 3.86. The van der Waals surface area contributed by atoms with Crippen LogP contribution < -0.4 is 14.2 Å². The highest BCUT2D eigenvalue weighted by atomic mass is 16.5. The van der Waals surface area contributed by atoms with Crippen LogP contribution >= 0.6 is 0 Å². The molecule has 0 unspecified atom stereocenters. The van der Waals surface area contributed by atoms with Crippen LogP contribution in [0.2, 0.25) is 0 Å². The summed E-state index contributed by atoms with van der Waals surface area (Å²) in [6, 6.07) is 14.8. The molecule has 0 N–H and O–H groups in total. The van der Waals surface area contributed by atoms with Gasteiger partial charge in [-0.3, -0.25) is 14.6 Å².